The van der Waals surface area contributed by atoms with Gasteiger partial charge in [0.1, 0.15) is 23.0 Å². The summed E-state index contributed by atoms with van der Waals surface area (Å²) in [4.78, 5) is 0. The van der Waals surface area contributed by atoms with Gasteiger partial charge in [0.2, 0.25) is 0 Å². The van der Waals surface area contributed by atoms with Crippen molar-refractivity contribution >= 4 is 66.7 Å². The number of aromatic nitrogens is 2. The Hall–Kier alpha value is -7.76. The lowest BCUT2D eigenvalue weighted by Gasteiger charge is -2.33. The summed E-state index contributed by atoms with van der Waals surface area (Å²) in [7, 11) is 0. The van der Waals surface area contributed by atoms with E-state index >= 15 is 0 Å². The Morgan fingerprint density at radius 3 is 1.46 bits per heavy atom. The molecule has 2 aliphatic rings. The van der Waals surface area contributed by atoms with Gasteiger partial charge in [0.05, 0.1) is 27.8 Å². The summed E-state index contributed by atoms with van der Waals surface area (Å²) in [5.74, 6) is 3.39. The highest BCUT2D eigenvalue weighted by atomic mass is 16.5. The number of benzene rings is 9. The number of fused-ring (bicyclic) bond motifs is 10. The predicted molar refractivity (Wildman–Crippen MR) is 244 cm³/mol. The van der Waals surface area contributed by atoms with Crippen molar-refractivity contribution in [1.29, 1.82) is 0 Å². The summed E-state index contributed by atoms with van der Waals surface area (Å²) in [5, 5.41) is 4.88. The molecule has 0 atom stereocenters. The second kappa shape index (κ2) is 12.4. The molecule has 0 saturated heterocycles. The van der Waals surface area contributed by atoms with E-state index in [2.05, 4.69) is 209 Å². The first-order valence-electron chi connectivity index (χ1n) is 20.2. The summed E-state index contributed by atoms with van der Waals surface area (Å²) in [6.45, 7) is -0.0221. The molecule has 0 bridgehead atoms. The van der Waals surface area contributed by atoms with Crippen LogP contribution in [0.1, 0.15) is 0 Å². The van der Waals surface area contributed by atoms with Gasteiger partial charge in [-0.25, -0.2) is 0 Å². The zero-order valence-electron chi connectivity index (χ0n) is 31.8. The zero-order chi connectivity index (χ0) is 38.6. The molecule has 0 N–H and O–H groups in total. The van der Waals surface area contributed by atoms with Crippen LogP contribution in [0.15, 0.2) is 200 Å². The normalized spacial score (nSPS) is 12.6. The molecule has 0 unspecified atom stereocenters. The first kappa shape index (κ1) is 32.3. The molecule has 59 heavy (non-hydrogen) atoms. The molecule has 0 spiro atoms. The van der Waals surface area contributed by atoms with Gasteiger partial charge in [0.25, 0.3) is 6.71 Å². The van der Waals surface area contributed by atoms with Gasteiger partial charge in [-0.15, -0.1) is 0 Å². The topological polar surface area (TPSA) is 28.3 Å². The highest BCUT2D eigenvalue weighted by Gasteiger charge is 2.40. The van der Waals surface area contributed by atoms with Gasteiger partial charge in [0.15, 0.2) is 0 Å². The van der Waals surface area contributed by atoms with Crippen molar-refractivity contribution in [3.05, 3.63) is 200 Å². The van der Waals surface area contributed by atoms with Crippen LogP contribution in [-0.2, 0) is 0 Å². The fourth-order valence-corrected chi connectivity index (χ4v) is 9.81. The molecule has 274 valence electrons. The lowest BCUT2D eigenvalue weighted by Crippen LogP contribution is -2.57. The summed E-state index contributed by atoms with van der Waals surface area (Å²) in [6, 6.07) is 71.8. The molecular formula is C54H33BN2O2. The van der Waals surface area contributed by atoms with Crippen molar-refractivity contribution < 1.29 is 9.47 Å². The van der Waals surface area contributed by atoms with Crippen LogP contribution in [0.3, 0.4) is 0 Å². The number of rotatable bonds is 4. The van der Waals surface area contributed by atoms with Gasteiger partial charge >= 0.3 is 0 Å². The van der Waals surface area contributed by atoms with E-state index in [1.165, 1.54) is 54.8 Å². The largest absolute Gasteiger partial charge is 0.458 e. The van der Waals surface area contributed by atoms with Crippen molar-refractivity contribution in [2.45, 2.75) is 0 Å². The Kier molecular flexibility index (Phi) is 6.78. The number of hydrogen-bond donors (Lipinski definition) is 0. The Labute approximate surface area is 340 Å². The third-order valence-corrected chi connectivity index (χ3v) is 12.4. The van der Waals surface area contributed by atoms with E-state index < -0.39 is 0 Å². The van der Waals surface area contributed by atoms with E-state index in [9.17, 15) is 0 Å². The molecule has 13 rings (SSSR count). The molecule has 0 fully saturated rings. The van der Waals surface area contributed by atoms with Crippen molar-refractivity contribution in [3.63, 3.8) is 0 Å². The molecule has 0 amide bonds. The van der Waals surface area contributed by atoms with Gasteiger partial charge < -0.3 is 18.6 Å². The van der Waals surface area contributed by atoms with E-state index in [1.807, 2.05) is 0 Å². The highest BCUT2D eigenvalue weighted by molar-refractivity contribution is 6.98. The minimum absolute atomic E-state index is 0.0221. The molecule has 0 aliphatic carbocycles. The van der Waals surface area contributed by atoms with Gasteiger partial charge in [0, 0.05) is 44.8 Å². The second-order valence-corrected chi connectivity index (χ2v) is 15.7. The van der Waals surface area contributed by atoms with E-state index in [4.69, 9.17) is 9.47 Å². The fourth-order valence-electron chi connectivity index (χ4n) is 9.81. The van der Waals surface area contributed by atoms with E-state index in [-0.39, 0.29) is 6.71 Å². The molecule has 2 aliphatic heterocycles. The van der Waals surface area contributed by atoms with Crippen molar-refractivity contribution in [2.24, 2.45) is 0 Å². The number of hydrogen-bond acceptors (Lipinski definition) is 2. The van der Waals surface area contributed by atoms with E-state index in [0.29, 0.717) is 0 Å². The average molecular weight is 753 g/mol. The Morgan fingerprint density at radius 2 is 0.797 bits per heavy atom. The first-order valence-corrected chi connectivity index (χ1v) is 20.2. The molecule has 2 aromatic heterocycles. The van der Waals surface area contributed by atoms with Crippen molar-refractivity contribution in [2.75, 3.05) is 0 Å². The van der Waals surface area contributed by atoms with Gasteiger partial charge in [-0.05, 0) is 93.8 Å². The summed E-state index contributed by atoms with van der Waals surface area (Å²) >= 11 is 0. The maximum absolute atomic E-state index is 6.87. The fraction of sp³-hybridized carbons (Fsp3) is 0. The van der Waals surface area contributed by atoms with Gasteiger partial charge in [-0.2, -0.15) is 0 Å². The van der Waals surface area contributed by atoms with Gasteiger partial charge in [-0.1, -0.05) is 127 Å². The van der Waals surface area contributed by atoms with Crippen LogP contribution in [0.4, 0.5) is 0 Å². The summed E-state index contributed by atoms with van der Waals surface area (Å²) < 4.78 is 18.4. The lowest BCUT2D eigenvalue weighted by molar-refractivity contribution is 0.464. The van der Waals surface area contributed by atoms with Crippen LogP contribution < -0.4 is 25.9 Å². The third-order valence-electron chi connectivity index (χ3n) is 12.4. The smallest absolute Gasteiger partial charge is 0.260 e. The van der Waals surface area contributed by atoms with Crippen molar-refractivity contribution in [3.8, 4) is 56.6 Å². The Bertz CT molecular complexity index is 3500. The number of ether oxygens (including phenoxy) is 2. The summed E-state index contributed by atoms with van der Waals surface area (Å²) in [6.07, 6.45) is 0. The van der Waals surface area contributed by atoms with Crippen molar-refractivity contribution in [1.82, 2.24) is 9.13 Å². The van der Waals surface area contributed by atoms with Gasteiger partial charge in [-0.3, -0.25) is 0 Å². The number of para-hydroxylation sites is 4. The monoisotopic (exact) mass is 752 g/mol. The molecule has 0 radical (unpaired) electrons. The second-order valence-electron chi connectivity index (χ2n) is 15.7. The maximum Gasteiger partial charge on any atom is 0.260 e. The first-order chi connectivity index (χ1) is 29.2. The van der Waals surface area contributed by atoms with Crippen LogP contribution in [0, 0.1) is 0 Å². The quantitative estimate of drug-likeness (QED) is 0.168. The van der Waals surface area contributed by atoms with Crippen LogP contribution in [-0.4, -0.2) is 15.8 Å². The van der Waals surface area contributed by atoms with E-state index in [1.54, 1.807) is 0 Å². The standard InChI is InChI=1S/C54H33BN2O2/c1-3-13-34(14-4-1)37-25-28-51-45(31-37)55-44-19-9-12-22-50(44)58-52-32-39(33-53(59-51)54(52)55)57-47-21-11-8-18-41(47)43-30-36(24-27-49(43)57)35-23-26-48-42(29-35)40-17-7-10-20-46(40)56(48)38-15-5-2-6-16-38/h1-33H. The SMILES string of the molecule is c1ccc(-c2ccc3c(c2)B2c4ccccc4Oc4cc(-n5c6ccccc6c6cc(-c7ccc8c(c7)c7ccccc7n8-c7ccccc7)ccc65)cc(c42)O3)cc1. The molecule has 4 heterocycles. The lowest BCUT2D eigenvalue weighted by atomic mass is 9.34. The summed E-state index contributed by atoms with van der Waals surface area (Å²) in [5.41, 5.74) is 14.9. The molecule has 11 aromatic rings. The van der Waals surface area contributed by atoms with Crippen LogP contribution in [0.2, 0.25) is 0 Å². The van der Waals surface area contributed by atoms with Crippen LogP contribution in [0.25, 0.3) is 77.2 Å². The molecule has 0 saturated carbocycles. The number of nitrogens with zero attached hydrogens (tertiary/aromatic N) is 2. The predicted octanol–water partition coefficient (Wildman–Crippen LogP) is 11.9. The Balaban J connectivity index is 0.969. The highest BCUT2D eigenvalue weighted by Crippen LogP contribution is 2.42. The maximum atomic E-state index is 6.87. The minimum Gasteiger partial charge on any atom is -0.458 e. The van der Waals surface area contributed by atoms with E-state index in [0.717, 1.165) is 61.8 Å². The molecule has 5 heteroatoms. The minimum atomic E-state index is -0.0221. The Morgan fingerprint density at radius 1 is 0.305 bits per heavy atom. The molecule has 9 aromatic carbocycles. The zero-order valence-corrected chi connectivity index (χ0v) is 31.8. The average Bonchev–Trinajstić information content (AvgIpc) is 3.81. The molecular weight excluding hydrogens is 719 g/mol. The third kappa shape index (κ3) is 4.79. The molecule has 4 nitrogen and oxygen atoms in total. The van der Waals surface area contributed by atoms with Crippen LogP contribution in [0.5, 0.6) is 23.0 Å². The van der Waals surface area contributed by atoms with Crippen LogP contribution >= 0.6 is 0 Å².